The van der Waals surface area contributed by atoms with Crippen molar-refractivity contribution < 1.29 is 27.4 Å². The van der Waals surface area contributed by atoms with Crippen LogP contribution in [0.25, 0.3) is 11.1 Å². The van der Waals surface area contributed by atoms with Crippen LogP contribution in [0.2, 0.25) is 0 Å². The van der Waals surface area contributed by atoms with Gasteiger partial charge < -0.3 is 14.7 Å². The maximum atomic E-state index is 13.5. The van der Waals surface area contributed by atoms with E-state index in [0.717, 1.165) is 0 Å². The first-order valence-corrected chi connectivity index (χ1v) is 12.5. The topological polar surface area (TPSA) is 87.2 Å². The number of carbonyl (C=O) groups is 1. The van der Waals surface area contributed by atoms with Gasteiger partial charge in [0.05, 0.1) is 13.2 Å². The van der Waals surface area contributed by atoms with Crippen molar-refractivity contribution in [3.8, 4) is 16.9 Å². The molecule has 0 unspecified atom stereocenters. The van der Waals surface area contributed by atoms with Crippen molar-refractivity contribution >= 4 is 15.9 Å². The zero-order chi connectivity index (χ0) is 24.3. The van der Waals surface area contributed by atoms with Crippen LogP contribution in [-0.4, -0.2) is 67.5 Å². The summed E-state index contributed by atoms with van der Waals surface area (Å²) in [5, 5.41) is 9.73. The second kappa shape index (κ2) is 10.2. The minimum absolute atomic E-state index is 0.00460. The van der Waals surface area contributed by atoms with Gasteiger partial charge in [0.1, 0.15) is 22.6 Å². The number of aliphatic hydroxyl groups is 1. The number of carbonyl (C=O) groups excluding carboxylic acids is 1. The molecule has 180 valence electrons. The molecule has 33 heavy (non-hydrogen) atoms. The summed E-state index contributed by atoms with van der Waals surface area (Å²) in [6.45, 7) is 5.41. The molecule has 1 N–H and O–H groups in total. The van der Waals surface area contributed by atoms with Gasteiger partial charge in [-0.3, -0.25) is 4.79 Å². The van der Waals surface area contributed by atoms with Crippen LogP contribution in [-0.2, 0) is 14.8 Å². The van der Waals surface area contributed by atoms with Crippen molar-refractivity contribution in [3.05, 3.63) is 48.3 Å². The van der Waals surface area contributed by atoms with Crippen molar-refractivity contribution in [3.63, 3.8) is 0 Å². The summed E-state index contributed by atoms with van der Waals surface area (Å²) in [5.41, 5.74) is 1.39. The maximum Gasteiger partial charge on any atom is 0.247 e. The molecule has 0 spiro atoms. The van der Waals surface area contributed by atoms with E-state index in [9.17, 15) is 22.7 Å². The van der Waals surface area contributed by atoms with E-state index in [1.54, 1.807) is 50.1 Å². The lowest BCUT2D eigenvalue weighted by Crippen LogP contribution is -2.50. The number of ether oxygens (including phenoxy) is 1. The van der Waals surface area contributed by atoms with Crippen molar-refractivity contribution in [2.24, 2.45) is 5.92 Å². The van der Waals surface area contributed by atoms with E-state index in [4.69, 9.17) is 4.74 Å². The molecule has 3 atom stereocenters. The molecule has 1 aliphatic heterocycles. The molecule has 2 aromatic rings. The molecule has 1 amide bonds. The number of nitrogens with zero attached hydrogens (tertiary/aromatic N) is 2. The fourth-order valence-electron chi connectivity index (χ4n) is 3.91. The van der Waals surface area contributed by atoms with E-state index >= 15 is 0 Å². The van der Waals surface area contributed by atoms with Crippen LogP contribution in [0.1, 0.15) is 27.2 Å². The predicted octanol–water partition coefficient (Wildman–Crippen LogP) is 3.13. The summed E-state index contributed by atoms with van der Waals surface area (Å²) in [7, 11) is -2.26. The molecule has 2 aromatic carbocycles. The largest absolute Gasteiger partial charge is 0.487 e. The summed E-state index contributed by atoms with van der Waals surface area (Å²) in [5.74, 6) is -0.499. The average molecular weight is 479 g/mol. The number of sulfonamides is 1. The van der Waals surface area contributed by atoms with E-state index in [0.29, 0.717) is 17.5 Å². The van der Waals surface area contributed by atoms with Crippen molar-refractivity contribution in [2.45, 2.75) is 44.2 Å². The molecular formula is C24H31FN2O5S. The van der Waals surface area contributed by atoms with Gasteiger partial charge in [-0.1, -0.05) is 32.0 Å². The first-order chi connectivity index (χ1) is 15.6. The van der Waals surface area contributed by atoms with Gasteiger partial charge in [-0.25, -0.2) is 12.8 Å². The van der Waals surface area contributed by atoms with E-state index in [2.05, 4.69) is 0 Å². The molecule has 7 nitrogen and oxygen atoms in total. The number of hydrogen-bond donors (Lipinski definition) is 1. The Hall–Kier alpha value is -2.49. The highest BCUT2D eigenvalue weighted by atomic mass is 32.2. The molecule has 0 saturated heterocycles. The van der Waals surface area contributed by atoms with E-state index in [-0.39, 0.29) is 48.0 Å². The molecule has 1 aliphatic rings. The number of likely N-dealkylation sites (N-methyl/N-ethyl adjacent to an activating group) is 1. The van der Waals surface area contributed by atoms with Gasteiger partial charge in [0.25, 0.3) is 0 Å². The molecule has 0 saturated carbocycles. The first kappa shape index (κ1) is 25.1. The molecular weight excluding hydrogens is 447 g/mol. The molecule has 1 heterocycles. The lowest BCUT2D eigenvalue weighted by atomic mass is 10.0. The minimum Gasteiger partial charge on any atom is -0.487 e. The highest BCUT2D eigenvalue weighted by Crippen LogP contribution is 2.36. The van der Waals surface area contributed by atoms with Crippen LogP contribution in [0, 0.1) is 11.7 Å². The Bertz CT molecular complexity index is 1090. The van der Waals surface area contributed by atoms with Crippen molar-refractivity contribution in [1.82, 2.24) is 9.21 Å². The van der Waals surface area contributed by atoms with Gasteiger partial charge >= 0.3 is 0 Å². The van der Waals surface area contributed by atoms with Crippen LogP contribution in [0.5, 0.6) is 5.75 Å². The lowest BCUT2D eigenvalue weighted by molar-refractivity contribution is -0.131. The third-order valence-electron chi connectivity index (χ3n) is 6.03. The Balaban J connectivity index is 2.11. The Morgan fingerprint density at radius 2 is 1.88 bits per heavy atom. The van der Waals surface area contributed by atoms with Crippen LogP contribution >= 0.6 is 0 Å². The number of fused-ring (bicyclic) bond motifs is 1. The molecule has 0 aromatic heterocycles. The van der Waals surface area contributed by atoms with Gasteiger partial charge in [0.15, 0.2) is 0 Å². The first-order valence-electron chi connectivity index (χ1n) is 11.0. The summed E-state index contributed by atoms with van der Waals surface area (Å²) in [6.07, 6.45) is -0.123. The molecule has 0 aliphatic carbocycles. The predicted molar refractivity (Wildman–Crippen MR) is 124 cm³/mol. The van der Waals surface area contributed by atoms with Crippen LogP contribution in [0.15, 0.2) is 47.4 Å². The molecule has 0 bridgehead atoms. The number of hydrogen-bond acceptors (Lipinski definition) is 5. The highest BCUT2D eigenvalue weighted by Gasteiger charge is 2.38. The Morgan fingerprint density at radius 3 is 2.48 bits per heavy atom. The summed E-state index contributed by atoms with van der Waals surface area (Å²) in [4.78, 5) is 13.8. The van der Waals surface area contributed by atoms with E-state index < -0.39 is 22.2 Å². The zero-order valence-electron chi connectivity index (χ0n) is 19.4. The second-order valence-corrected chi connectivity index (χ2v) is 10.4. The quantitative estimate of drug-likeness (QED) is 0.689. The fraction of sp³-hybridized carbons (Fsp3) is 0.458. The summed E-state index contributed by atoms with van der Waals surface area (Å²) in [6, 6.07) is 10.0. The van der Waals surface area contributed by atoms with Gasteiger partial charge in [-0.05, 0) is 42.3 Å². The van der Waals surface area contributed by atoms with Crippen LogP contribution in [0.4, 0.5) is 4.39 Å². The molecule has 0 fully saturated rings. The third-order valence-corrected chi connectivity index (χ3v) is 8.05. The average Bonchev–Trinajstić information content (AvgIpc) is 2.80. The van der Waals surface area contributed by atoms with Crippen molar-refractivity contribution in [1.29, 1.82) is 0 Å². The fourth-order valence-corrected chi connectivity index (χ4v) is 5.73. The Labute approximate surface area is 194 Å². The number of halogens is 1. The van der Waals surface area contributed by atoms with E-state index in [1.165, 1.54) is 22.5 Å². The SMILES string of the molecule is CCC(=O)N(C)C[C@@H]1Oc2cc(-c3ccc(F)cc3)ccc2S(=O)(=O)N([C@@H](C)CO)C[C@@H]1C. The van der Waals surface area contributed by atoms with Gasteiger partial charge in [-0.15, -0.1) is 0 Å². The number of amides is 1. The highest BCUT2D eigenvalue weighted by molar-refractivity contribution is 7.89. The number of rotatable bonds is 6. The normalized spacial score (nSPS) is 21.3. The second-order valence-electron chi connectivity index (χ2n) is 8.54. The number of benzene rings is 2. The third kappa shape index (κ3) is 5.37. The monoisotopic (exact) mass is 478 g/mol. The molecule has 3 rings (SSSR count). The van der Waals surface area contributed by atoms with E-state index in [1.807, 2.05) is 6.92 Å². The molecule has 9 heteroatoms. The smallest absolute Gasteiger partial charge is 0.247 e. The summed E-state index contributed by atoms with van der Waals surface area (Å²) >= 11 is 0. The van der Waals surface area contributed by atoms with Crippen LogP contribution < -0.4 is 4.74 Å². The van der Waals surface area contributed by atoms with Gasteiger partial charge in [-0.2, -0.15) is 4.31 Å². The maximum absolute atomic E-state index is 13.5. The Morgan fingerprint density at radius 1 is 1.24 bits per heavy atom. The zero-order valence-corrected chi connectivity index (χ0v) is 20.2. The molecule has 0 radical (unpaired) electrons. The van der Waals surface area contributed by atoms with Crippen LogP contribution in [0.3, 0.4) is 0 Å². The van der Waals surface area contributed by atoms with Gasteiger partial charge in [0.2, 0.25) is 15.9 Å². The van der Waals surface area contributed by atoms with Gasteiger partial charge in [0, 0.05) is 32.0 Å². The van der Waals surface area contributed by atoms with Crippen molar-refractivity contribution in [2.75, 3.05) is 26.7 Å². The lowest BCUT2D eigenvalue weighted by Gasteiger charge is -2.37. The standard InChI is InChI=1S/C24H31FN2O5S/c1-5-24(29)26(4)14-22-16(2)13-27(17(3)15-28)33(30,31)23-11-8-19(12-21(23)32-22)18-6-9-20(25)10-7-18/h6-12,16-17,22,28H,5,13-15H2,1-4H3/t16-,17-,22-/m0/s1. The minimum atomic E-state index is -3.96. The number of aliphatic hydroxyl groups excluding tert-OH is 1. The Kier molecular flexibility index (Phi) is 7.76. The summed E-state index contributed by atoms with van der Waals surface area (Å²) < 4.78 is 48.0.